The van der Waals surface area contributed by atoms with Crippen LogP contribution in [-0.4, -0.2) is 37.3 Å². The van der Waals surface area contributed by atoms with E-state index in [1.54, 1.807) is 36.4 Å². The van der Waals surface area contributed by atoms with Crippen molar-refractivity contribution in [2.45, 2.75) is 48.1 Å². The molecule has 0 saturated heterocycles. The Morgan fingerprint density at radius 1 is 1.09 bits per heavy atom. The lowest BCUT2D eigenvalue weighted by molar-refractivity contribution is -0.113. The number of thioether (sulfide) groups is 1. The predicted octanol–water partition coefficient (Wildman–Crippen LogP) is 4.67. The molecule has 8 nitrogen and oxygen atoms in total. The minimum atomic E-state index is -3.77. The van der Waals surface area contributed by atoms with E-state index >= 15 is 0 Å². The molecule has 0 atom stereocenters. The summed E-state index contributed by atoms with van der Waals surface area (Å²) in [5.41, 5.74) is 0.951. The number of nitrogens with one attached hydrogen (secondary N) is 1. The van der Waals surface area contributed by atoms with Crippen molar-refractivity contribution in [2.24, 2.45) is 0 Å². The lowest BCUT2D eigenvalue weighted by atomic mass is 9.89. The van der Waals surface area contributed by atoms with Crippen molar-refractivity contribution in [2.75, 3.05) is 22.4 Å². The molecular formula is C23H26N4O4S2. The van der Waals surface area contributed by atoms with Gasteiger partial charge in [-0.15, -0.1) is 10.2 Å². The van der Waals surface area contributed by atoms with Crippen LogP contribution in [0.5, 0.6) is 0 Å². The molecule has 1 aliphatic rings. The molecule has 0 bridgehead atoms. The van der Waals surface area contributed by atoms with Crippen molar-refractivity contribution in [3.63, 3.8) is 0 Å². The Balaban J connectivity index is 1.36. The van der Waals surface area contributed by atoms with Crippen molar-refractivity contribution < 1.29 is 17.6 Å². The zero-order valence-corrected chi connectivity index (χ0v) is 19.9. The zero-order chi connectivity index (χ0) is 23.3. The van der Waals surface area contributed by atoms with Crippen LogP contribution in [0.1, 0.15) is 43.9 Å². The molecule has 1 aliphatic carbocycles. The molecule has 2 aromatic carbocycles. The fourth-order valence-corrected chi connectivity index (χ4v) is 5.60. The van der Waals surface area contributed by atoms with Crippen molar-refractivity contribution in [3.8, 4) is 0 Å². The lowest BCUT2D eigenvalue weighted by Crippen LogP contribution is -2.26. The molecule has 1 saturated carbocycles. The molecule has 0 radical (unpaired) electrons. The first-order valence-electron chi connectivity index (χ1n) is 10.8. The first-order valence-corrected chi connectivity index (χ1v) is 13.3. The standard InChI is InChI=1S/C23H26N4O4S2/c1-27(19-12-6-3-7-13-19)33(29,30)20-14-8-11-18(15-20)24-21(28)16-32-23-26-25-22(31-23)17-9-4-2-5-10-17/h3,6-8,11-15,17H,2,4-5,9-10,16H2,1H3,(H,24,28). The van der Waals surface area contributed by atoms with Crippen LogP contribution in [0.15, 0.2) is 69.1 Å². The van der Waals surface area contributed by atoms with Gasteiger partial charge in [-0.25, -0.2) is 8.42 Å². The van der Waals surface area contributed by atoms with Gasteiger partial charge in [-0.3, -0.25) is 9.10 Å². The number of anilines is 2. The van der Waals surface area contributed by atoms with Gasteiger partial charge >= 0.3 is 0 Å². The van der Waals surface area contributed by atoms with E-state index in [2.05, 4.69) is 15.5 Å². The summed E-state index contributed by atoms with van der Waals surface area (Å²) in [4.78, 5) is 12.5. The minimum absolute atomic E-state index is 0.0766. The van der Waals surface area contributed by atoms with Crippen molar-refractivity contribution in [1.29, 1.82) is 0 Å². The highest BCUT2D eigenvalue weighted by atomic mass is 32.2. The normalized spacial score (nSPS) is 14.7. The van der Waals surface area contributed by atoms with E-state index in [-0.39, 0.29) is 16.6 Å². The van der Waals surface area contributed by atoms with Crippen LogP contribution in [0, 0.1) is 0 Å². The van der Waals surface area contributed by atoms with E-state index < -0.39 is 10.0 Å². The molecule has 4 rings (SSSR count). The molecule has 1 aromatic heterocycles. The summed E-state index contributed by atoms with van der Waals surface area (Å²) >= 11 is 1.17. The van der Waals surface area contributed by atoms with Crippen LogP contribution < -0.4 is 9.62 Å². The van der Waals surface area contributed by atoms with Gasteiger partial charge in [-0.05, 0) is 43.2 Å². The molecule has 0 aliphatic heterocycles. The summed E-state index contributed by atoms with van der Waals surface area (Å²) in [6, 6.07) is 15.0. The number of aromatic nitrogens is 2. The number of hydrogen-bond donors (Lipinski definition) is 1. The Labute approximate surface area is 197 Å². The number of benzene rings is 2. The van der Waals surface area contributed by atoms with Gasteiger partial charge in [0.05, 0.1) is 16.3 Å². The molecule has 1 N–H and O–H groups in total. The second-order valence-corrected chi connectivity index (χ2v) is 10.8. The van der Waals surface area contributed by atoms with Gasteiger partial charge in [0.2, 0.25) is 11.8 Å². The van der Waals surface area contributed by atoms with E-state index in [0.717, 1.165) is 12.8 Å². The van der Waals surface area contributed by atoms with Gasteiger partial charge in [0.1, 0.15) is 0 Å². The third-order valence-electron chi connectivity index (χ3n) is 5.60. The van der Waals surface area contributed by atoms with Gasteiger partial charge in [-0.2, -0.15) is 0 Å². The van der Waals surface area contributed by atoms with Crippen LogP contribution in [0.4, 0.5) is 11.4 Å². The van der Waals surface area contributed by atoms with Crippen molar-refractivity contribution >= 4 is 39.1 Å². The molecule has 1 fully saturated rings. The number of sulfonamides is 1. The second-order valence-electron chi connectivity index (χ2n) is 7.91. The van der Waals surface area contributed by atoms with Gasteiger partial charge in [0.25, 0.3) is 15.2 Å². The Kier molecular flexibility index (Phi) is 7.34. The number of carbonyl (C=O) groups excluding carboxylic acids is 1. The maximum Gasteiger partial charge on any atom is 0.277 e. The number of nitrogens with zero attached hydrogens (tertiary/aromatic N) is 3. The molecule has 0 unspecified atom stereocenters. The van der Waals surface area contributed by atoms with Gasteiger partial charge in [0.15, 0.2) is 0 Å². The molecule has 1 heterocycles. The smallest absolute Gasteiger partial charge is 0.277 e. The Morgan fingerprint density at radius 3 is 2.61 bits per heavy atom. The Hall–Kier alpha value is -2.85. The van der Waals surface area contributed by atoms with Gasteiger partial charge < -0.3 is 9.73 Å². The first kappa shape index (κ1) is 23.3. The SMILES string of the molecule is CN(c1ccccc1)S(=O)(=O)c1cccc(NC(=O)CSc2nnc(C3CCCCC3)o2)c1. The summed E-state index contributed by atoms with van der Waals surface area (Å²) in [7, 11) is -2.27. The summed E-state index contributed by atoms with van der Waals surface area (Å²) < 4.78 is 32.9. The summed E-state index contributed by atoms with van der Waals surface area (Å²) in [6.45, 7) is 0. The molecule has 174 valence electrons. The highest BCUT2D eigenvalue weighted by molar-refractivity contribution is 7.99. The number of rotatable bonds is 8. The molecule has 10 heteroatoms. The number of amides is 1. The zero-order valence-electron chi connectivity index (χ0n) is 18.3. The third kappa shape index (κ3) is 5.75. The maximum atomic E-state index is 13.0. The lowest BCUT2D eigenvalue weighted by Gasteiger charge is -2.19. The fourth-order valence-electron chi connectivity index (χ4n) is 3.79. The van der Waals surface area contributed by atoms with Crippen LogP contribution in [0.2, 0.25) is 0 Å². The van der Waals surface area contributed by atoms with Crippen LogP contribution in [-0.2, 0) is 14.8 Å². The first-order chi connectivity index (χ1) is 15.9. The Bertz CT molecular complexity index is 1190. The molecule has 0 spiro atoms. The maximum absolute atomic E-state index is 13.0. The summed E-state index contributed by atoms with van der Waals surface area (Å²) in [6.07, 6.45) is 5.72. The quantitative estimate of drug-likeness (QED) is 0.461. The third-order valence-corrected chi connectivity index (χ3v) is 8.20. The summed E-state index contributed by atoms with van der Waals surface area (Å²) in [5.74, 6) is 0.752. The average Bonchev–Trinajstić information content (AvgIpc) is 3.33. The number of hydrogen-bond acceptors (Lipinski definition) is 7. The monoisotopic (exact) mass is 486 g/mol. The van der Waals surface area contributed by atoms with E-state index in [1.165, 1.54) is 54.5 Å². The topological polar surface area (TPSA) is 105 Å². The molecule has 3 aromatic rings. The van der Waals surface area contributed by atoms with E-state index in [0.29, 0.717) is 28.4 Å². The predicted molar refractivity (Wildman–Crippen MR) is 128 cm³/mol. The van der Waals surface area contributed by atoms with E-state index in [9.17, 15) is 13.2 Å². The highest BCUT2D eigenvalue weighted by Crippen LogP contribution is 2.33. The number of para-hydroxylation sites is 1. The van der Waals surface area contributed by atoms with Crippen molar-refractivity contribution in [1.82, 2.24) is 10.2 Å². The highest BCUT2D eigenvalue weighted by Gasteiger charge is 2.23. The molecule has 1 amide bonds. The largest absolute Gasteiger partial charge is 0.416 e. The van der Waals surface area contributed by atoms with Crippen LogP contribution >= 0.6 is 11.8 Å². The second kappa shape index (κ2) is 10.4. The van der Waals surface area contributed by atoms with Crippen LogP contribution in [0.3, 0.4) is 0 Å². The molecule has 33 heavy (non-hydrogen) atoms. The van der Waals surface area contributed by atoms with E-state index in [4.69, 9.17) is 4.42 Å². The number of carbonyl (C=O) groups is 1. The Morgan fingerprint density at radius 2 is 1.85 bits per heavy atom. The van der Waals surface area contributed by atoms with Gasteiger partial charge in [0, 0.05) is 18.7 Å². The van der Waals surface area contributed by atoms with Crippen LogP contribution in [0.25, 0.3) is 0 Å². The van der Waals surface area contributed by atoms with Gasteiger partial charge in [-0.1, -0.05) is 55.3 Å². The molecular weight excluding hydrogens is 460 g/mol. The minimum Gasteiger partial charge on any atom is -0.416 e. The fraction of sp³-hybridized carbons (Fsp3) is 0.348. The van der Waals surface area contributed by atoms with E-state index in [1.807, 2.05) is 6.07 Å². The summed E-state index contributed by atoms with van der Waals surface area (Å²) in [5, 5.41) is 11.3. The average molecular weight is 487 g/mol. The van der Waals surface area contributed by atoms with Crippen molar-refractivity contribution in [3.05, 3.63) is 60.5 Å².